The first-order valence-corrected chi connectivity index (χ1v) is 10.0. The number of rotatable bonds is 8. The number of methoxy groups -OCH3 is 4. The second-order valence-electron chi connectivity index (χ2n) is 5.93. The summed E-state index contributed by atoms with van der Waals surface area (Å²) in [6.07, 6.45) is 1.41. The maximum atomic E-state index is 11.5. The minimum absolute atomic E-state index is 0.0976. The van der Waals surface area contributed by atoms with E-state index in [9.17, 15) is 14.4 Å². The fraction of sp³-hybridized carbons (Fsp3) is 0.211. The molecule has 1 aromatic heterocycles. The first-order chi connectivity index (χ1) is 14.3. The minimum atomic E-state index is -4.83. The Morgan fingerprint density at radius 1 is 0.867 bits per heavy atom. The average molecular weight is 437 g/mol. The maximum absolute atomic E-state index is 11.5. The van der Waals surface area contributed by atoms with Gasteiger partial charge in [0.1, 0.15) is 11.5 Å². The zero-order valence-corrected chi connectivity index (χ0v) is 17.5. The van der Waals surface area contributed by atoms with Crippen molar-refractivity contribution >= 4 is 7.82 Å². The molecular formula is C19H20NO9P. The zero-order valence-electron chi connectivity index (χ0n) is 16.6. The Bertz CT molecular complexity index is 1060. The van der Waals surface area contributed by atoms with Gasteiger partial charge in [-0.15, -0.1) is 0 Å². The van der Waals surface area contributed by atoms with Crippen LogP contribution in [0, 0.1) is 0 Å². The van der Waals surface area contributed by atoms with Gasteiger partial charge in [-0.2, -0.15) is 0 Å². The summed E-state index contributed by atoms with van der Waals surface area (Å²) in [6.45, 7) is 0. The van der Waals surface area contributed by atoms with Gasteiger partial charge in [-0.3, -0.25) is 9.79 Å². The lowest BCUT2D eigenvalue weighted by Crippen LogP contribution is -1.96. The number of hydrogen-bond donors (Lipinski definition) is 2. The SMILES string of the molecule is COc1ccc(-c2cnoc2-c2cc(OC)c(OC)c(OC)c2)c(OP(=O)(O)O)c1. The van der Waals surface area contributed by atoms with Crippen molar-refractivity contribution in [3.63, 3.8) is 0 Å². The molecule has 0 amide bonds. The lowest BCUT2D eigenvalue weighted by atomic mass is 10.0. The minimum Gasteiger partial charge on any atom is -0.497 e. The largest absolute Gasteiger partial charge is 0.524 e. The second kappa shape index (κ2) is 8.66. The van der Waals surface area contributed by atoms with Gasteiger partial charge in [-0.05, 0) is 24.3 Å². The second-order valence-corrected chi connectivity index (χ2v) is 7.09. The van der Waals surface area contributed by atoms with Crippen molar-refractivity contribution in [3.05, 3.63) is 36.5 Å². The summed E-state index contributed by atoms with van der Waals surface area (Å²) < 4.78 is 43.0. The van der Waals surface area contributed by atoms with E-state index >= 15 is 0 Å². The molecule has 0 saturated heterocycles. The number of ether oxygens (including phenoxy) is 4. The molecule has 0 bridgehead atoms. The van der Waals surface area contributed by atoms with Crippen LogP contribution in [0.15, 0.2) is 41.1 Å². The van der Waals surface area contributed by atoms with Crippen LogP contribution in [-0.4, -0.2) is 43.4 Å². The molecule has 10 nitrogen and oxygen atoms in total. The van der Waals surface area contributed by atoms with Crippen molar-refractivity contribution < 1.29 is 42.3 Å². The van der Waals surface area contributed by atoms with E-state index < -0.39 is 7.82 Å². The van der Waals surface area contributed by atoms with E-state index in [-0.39, 0.29) is 5.75 Å². The number of nitrogens with zero attached hydrogens (tertiary/aromatic N) is 1. The van der Waals surface area contributed by atoms with E-state index in [2.05, 4.69) is 5.16 Å². The van der Waals surface area contributed by atoms with Crippen molar-refractivity contribution in [2.24, 2.45) is 0 Å². The van der Waals surface area contributed by atoms with Crippen LogP contribution in [0.4, 0.5) is 0 Å². The van der Waals surface area contributed by atoms with E-state index in [1.54, 1.807) is 24.3 Å². The van der Waals surface area contributed by atoms with Gasteiger partial charge in [0.25, 0.3) is 0 Å². The Morgan fingerprint density at radius 2 is 1.53 bits per heavy atom. The molecule has 0 aliphatic rings. The molecule has 1 heterocycles. The first kappa shape index (κ1) is 21.5. The molecule has 0 saturated carbocycles. The van der Waals surface area contributed by atoms with Crippen LogP contribution in [0.3, 0.4) is 0 Å². The molecule has 0 radical (unpaired) electrons. The van der Waals surface area contributed by atoms with E-state index in [1.165, 1.54) is 40.7 Å². The molecule has 3 rings (SSSR count). The molecule has 2 N–H and O–H groups in total. The van der Waals surface area contributed by atoms with Crippen molar-refractivity contribution in [3.8, 4) is 51.2 Å². The number of phosphoric ester groups is 1. The summed E-state index contributed by atoms with van der Waals surface area (Å²) in [5.74, 6) is 1.76. The normalized spacial score (nSPS) is 11.1. The van der Waals surface area contributed by atoms with E-state index in [0.717, 1.165) is 0 Å². The van der Waals surface area contributed by atoms with Gasteiger partial charge in [-0.25, -0.2) is 4.57 Å². The molecule has 0 atom stereocenters. The van der Waals surface area contributed by atoms with Crippen LogP contribution in [-0.2, 0) is 4.57 Å². The summed E-state index contributed by atoms with van der Waals surface area (Å²) >= 11 is 0. The van der Waals surface area contributed by atoms with Gasteiger partial charge >= 0.3 is 7.82 Å². The summed E-state index contributed by atoms with van der Waals surface area (Å²) in [7, 11) is 1.05. The van der Waals surface area contributed by atoms with Gasteiger partial charge < -0.3 is 28.0 Å². The van der Waals surface area contributed by atoms with Gasteiger partial charge in [-0.1, -0.05) is 5.16 Å². The molecule has 0 aliphatic heterocycles. The van der Waals surface area contributed by atoms with Crippen LogP contribution in [0.1, 0.15) is 0 Å². The standard InChI is InChI=1S/C19H20NO9P/c1-24-12-5-6-13(15(9-12)29-30(21,22)23)14-10-20-28-18(14)11-7-16(25-2)19(27-4)17(8-11)26-3/h5-10H,1-4H3,(H2,21,22,23). The number of aromatic nitrogens is 1. The van der Waals surface area contributed by atoms with Crippen LogP contribution >= 0.6 is 7.82 Å². The monoisotopic (exact) mass is 437 g/mol. The van der Waals surface area contributed by atoms with Crippen molar-refractivity contribution in [1.82, 2.24) is 5.16 Å². The average Bonchev–Trinajstić information content (AvgIpc) is 3.20. The Hall–Kier alpha value is -3.20. The number of benzene rings is 2. The van der Waals surface area contributed by atoms with Crippen LogP contribution in [0.25, 0.3) is 22.5 Å². The van der Waals surface area contributed by atoms with Crippen LogP contribution in [0.5, 0.6) is 28.7 Å². The van der Waals surface area contributed by atoms with Gasteiger partial charge in [0.05, 0.1) is 40.2 Å². The fourth-order valence-corrected chi connectivity index (χ4v) is 3.31. The third-order valence-electron chi connectivity index (χ3n) is 4.19. The van der Waals surface area contributed by atoms with Crippen molar-refractivity contribution in [2.45, 2.75) is 0 Å². The van der Waals surface area contributed by atoms with Crippen LogP contribution in [0.2, 0.25) is 0 Å². The molecule has 0 fully saturated rings. The third-order valence-corrected chi connectivity index (χ3v) is 4.63. The van der Waals surface area contributed by atoms with E-state index in [0.29, 0.717) is 45.4 Å². The maximum Gasteiger partial charge on any atom is 0.524 e. The summed E-state index contributed by atoms with van der Waals surface area (Å²) in [6, 6.07) is 7.89. The fourth-order valence-electron chi connectivity index (χ4n) is 2.91. The summed E-state index contributed by atoms with van der Waals surface area (Å²) in [5, 5.41) is 3.84. The Morgan fingerprint density at radius 3 is 2.07 bits per heavy atom. The summed E-state index contributed by atoms with van der Waals surface area (Å²) in [5.41, 5.74) is 1.30. The van der Waals surface area contributed by atoms with Crippen LogP contribution < -0.4 is 23.5 Å². The quantitative estimate of drug-likeness (QED) is 0.505. The van der Waals surface area contributed by atoms with Gasteiger partial charge in [0.2, 0.25) is 5.75 Å². The predicted molar refractivity (Wildman–Crippen MR) is 106 cm³/mol. The van der Waals surface area contributed by atoms with E-state index in [1.807, 2.05) is 0 Å². The van der Waals surface area contributed by atoms with Crippen molar-refractivity contribution in [1.29, 1.82) is 0 Å². The molecule has 30 heavy (non-hydrogen) atoms. The Balaban J connectivity index is 2.18. The third kappa shape index (κ3) is 4.35. The molecule has 2 aromatic carbocycles. The van der Waals surface area contributed by atoms with E-state index in [4.69, 9.17) is 28.0 Å². The molecule has 11 heteroatoms. The highest BCUT2D eigenvalue weighted by Gasteiger charge is 2.24. The van der Waals surface area contributed by atoms with Gasteiger partial charge in [0.15, 0.2) is 17.3 Å². The predicted octanol–water partition coefficient (Wildman–Crippen LogP) is 3.51. The molecule has 0 aliphatic carbocycles. The molecule has 0 unspecified atom stereocenters. The van der Waals surface area contributed by atoms with Gasteiger partial charge in [0, 0.05) is 17.2 Å². The number of phosphoric acid groups is 1. The Labute approximate surface area is 172 Å². The zero-order chi connectivity index (χ0) is 21.9. The highest BCUT2D eigenvalue weighted by molar-refractivity contribution is 7.46. The topological polar surface area (TPSA) is 130 Å². The highest BCUT2D eigenvalue weighted by Crippen LogP contribution is 2.47. The van der Waals surface area contributed by atoms with Crippen molar-refractivity contribution in [2.75, 3.05) is 28.4 Å². The molecule has 160 valence electrons. The summed E-state index contributed by atoms with van der Waals surface area (Å²) in [4.78, 5) is 18.6. The molecule has 0 spiro atoms. The highest BCUT2D eigenvalue weighted by atomic mass is 31.2. The lowest BCUT2D eigenvalue weighted by Gasteiger charge is -2.15. The molecule has 3 aromatic rings. The first-order valence-electron chi connectivity index (χ1n) is 8.50. The Kier molecular flexibility index (Phi) is 6.21. The molecular weight excluding hydrogens is 417 g/mol. The lowest BCUT2D eigenvalue weighted by molar-refractivity contribution is 0.283. The smallest absolute Gasteiger partial charge is 0.497 e. The number of hydrogen-bond acceptors (Lipinski definition) is 8.